The molecule has 0 unspecified atom stereocenters. The smallest absolute Gasteiger partial charge is 0.415 e. The minimum absolute atomic E-state index is 0.0107. The molecule has 0 aliphatic carbocycles. The number of hydrogen-bond acceptors (Lipinski definition) is 5. The van der Waals surface area contributed by atoms with Gasteiger partial charge in [-0.3, -0.25) is 0 Å². The molecule has 0 N–H and O–H groups in total. The number of nitrogens with zero attached hydrogens (tertiary/aromatic N) is 4. The van der Waals surface area contributed by atoms with E-state index in [-0.39, 0.29) is 35.5 Å². The Hall–Kier alpha value is -4.18. The van der Waals surface area contributed by atoms with E-state index in [0.29, 0.717) is 27.8 Å². The third-order valence-electron chi connectivity index (χ3n) is 6.02. The largest absolute Gasteiger partial charge is 0.420 e. The molecule has 4 aromatic rings. The van der Waals surface area contributed by atoms with E-state index in [0.717, 1.165) is 0 Å². The van der Waals surface area contributed by atoms with Crippen molar-refractivity contribution in [2.24, 2.45) is 0 Å². The highest BCUT2D eigenvalue weighted by Gasteiger charge is 2.48. The quantitative estimate of drug-likeness (QED) is 0.217. The molecule has 10 heteroatoms. The number of rotatable bonds is 8. The van der Waals surface area contributed by atoms with Crippen molar-refractivity contribution in [1.82, 2.24) is 10.2 Å². The Labute approximate surface area is 222 Å². The average Bonchev–Trinajstić information content (AvgIpc) is 3.41. The molecule has 1 heterocycles. The van der Waals surface area contributed by atoms with Gasteiger partial charge in [0, 0.05) is 5.56 Å². The van der Waals surface area contributed by atoms with Crippen LogP contribution >= 0.6 is 11.6 Å². The fourth-order valence-corrected chi connectivity index (χ4v) is 4.19. The first-order chi connectivity index (χ1) is 18.2. The van der Waals surface area contributed by atoms with Crippen LogP contribution in [0.4, 0.5) is 18.9 Å². The van der Waals surface area contributed by atoms with Crippen molar-refractivity contribution in [3.8, 4) is 17.5 Å². The van der Waals surface area contributed by atoms with Gasteiger partial charge in [0.05, 0.1) is 35.8 Å². The molecule has 1 aromatic heterocycles. The van der Waals surface area contributed by atoms with E-state index < -0.39 is 18.2 Å². The van der Waals surface area contributed by atoms with Crippen LogP contribution in [0, 0.1) is 24.8 Å². The summed E-state index contributed by atoms with van der Waals surface area (Å²) in [7, 11) is 0. The van der Waals surface area contributed by atoms with Crippen molar-refractivity contribution in [3.63, 3.8) is 0 Å². The molecule has 0 radical (unpaired) electrons. The predicted octanol–water partition coefficient (Wildman–Crippen LogP) is 7.59. The van der Waals surface area contributed by atoms with Crippen LogP contribution in [0.2, 0.25) is 5.02 Å². The Morgan fingerprint density at radius 2 is 1.79 bits per heavy atom. The molecule has 0 bridgehead atoms. The highest BCUT2D eigenvalue weighted by Crippen LogP contribution is 2.39. The van der Waals surface area contributed by atoms with E-state index in [1.54, 1.807) is 67.6 Å². The molecule has 2 atom stereocenters. The second-order valence-electron chi connectivity index (χ2n) is 8.50. The Kier molecular flexibility index (Phi) is 8.11. The zero-order chi connectivity index (χ0) is 27.3. The molecule has 0 fully saturated rings. The first-order valence-corrected chi connectivity index (χ1v) is 11.8. The topological polar surface area (TPSA) is 76.3 Å². The van der Waals surface area contributed by atoms with Gasteiger partial charge in [0.25, 0.3) is 0 Å². The Balaban J connectivity index is 1.74. The van der Waals surface area contributed by atoms with Gasteiger partial charge in [-0.1, -0.05) is 54.1 Å². The fraction of sp³-hybridized carbons (Fsp3) is 0.214. The fourth-order valence-electron chi connectivity index (χ4n) is 3.97. The number of aromatic nitrogens is 2. The van der Waals surface area contributed by atoms with Crippen LogP contribution in [0.25, 0.3) is 16.3 Å². The summed E-state index contributed by atoms with van der Waals surface area (Å²) in [6, 6.07) is 19.8. The van der Waals surface area contributed by atoms with Gasteiger partial charge in [-0.15, -0.1) is 10.2 Å². The number of ether oxygens (including phenoxy) is 1. The normalized spacial score (nSPS) is 12.9. The summed E-state index contributed by atoms with van der Waals surface area (Å²) in [5.41, 5.74) is 2.62. The van der Waals surface area contributed by atoms with Crippen molar-refractivity contribution in [3.05, 3.63) is 111 Å². The molecule has 192 valence electrons. The van der Waals surface area contributed by atoms with Crippen LogP contribution in [-0.4, -0.2) is 22.5 Å². The molecule has 0 aliphatic heterocycles. The van der Waals surface area contributed by atoms with Gasteiger partial charge >= 0.3 is 6.18 Å². The standard InChI is InChI=1S/C28H20ClF3N4O2/c1-17-21(12-13-23(34-2)24(17)29)14-22(25(28(30,31)32)37-16-19-6-4-3-5-7-19)27-36-35-26(38-27)20-10-8-18(15-33)9-11-20/h3-13,22,25H,14,16H2,1H3/t22-,25+/m1/s1. The summed E-state index contributed by atoms with van der Waals surface area (Å²) >= 11 is 6.31. The summed E-state index contributed by atoms with van der Waals surface area (Å²) in [5, 5.41) is 17.1. The minimum atomic E-state index is -4.77. The number of alkyl halides is 3. The summed E-state index contributed by atoms with van der Waals surface area (Å²) in [6.45, 7) is 8.61. The maximum Gasteiger partial charge on any atom is 0.415 e. The lowest BCUT2D eigenvalue weighted by Gasteiger charge is -2.28. The van der Waals surface area contributed by atoms with E-state index in [9.17, 15) is 13.2 Å². The summed E-state index contributed by atoms with van der Waals surface area (Å²) in [5.74, 6) is -1.66. The van der Waals surface area contributed by atoms with E-state index >= 15 is 0 Å². The van der Waals surface area contributed by atoms with Gasteiger partial charge in [-0.05, 0) is 54.3 Å². The van der Waals surface area contributed by atoms with E-state index in [4.69, 9.17) is 32.6 Å². The van der Waals surface area contributed by atoms with Gasteiger partial charge in [-0.2, -0.15) is 18.4 Å². The maximum atomic E-state index is 14.5. The lowest BCUT2D eigenvalue weighted by atomic mass is 9.90. The van der Waals surface area contributed by atoms with Gasteiger partial charge in [0.2, 0.25) is 17.5 Å². The molecule has 0 saturated carbocycles. The summed E-state index contributed by atoms with van der Waals surface area (Å²) in [6.07, 6.45) is -7.23. The molecular formula is C28H20ClF3N4O2. The van der Waals surface area contributed by atoms with Crippen LogP contribution in [0.15, 0.2) is 71.1 Å². The molecule has 6 nitrogen and oxygen atoms in total. The van der Waals surface area contributed by atoms with Crippen LogP contribution in [-0.2, 0) is 17.8 Å². The molecule has 0 aliphatic rings. The van der Waals surface area contributed by atoms with Crippen LogP contribution in [0.5, 0.6) is 0 Å². The van der Waals surface area contributed by atoms with Gasteiger partial charge in [0.1, 0.15) is 0 Å². The average molecular weight is 537 g/mol. The monoisotopic (exact) mass is 536 g/mol. The van der Waals surface area contributed by atoms with Gasteiger partial charge in [-0.25, -0.2) is 4.85 Å². The SMILES string of the molecule is [C-]#[N+]c1ccc(C[C@@H](c2nnc(-c3ccc(C#N)cc3)o2)[C@H](OCc2ccccc2)C(F)(F)F)c(C)c1Cl. The lowest BCUT2D eigenvalue weighted by molar-refractivity contribution is -0.232. The van der Waals surface area contributed by atoms with Crippen LogP contribution in [0.1, 0.15) is 34.1 Å². The summed E-state index contributed by atoms with van der Waals surface area (Å²) in [4.78, 5) is 3.35. The molecule has 0 saturated heterocycles. The molecule has 4 rings (SSSR count). The third-order valence-corrected chi connectivity index (χ3v) is 6.49. The number of halogens is 4. The van der Waals surface area contributed by atoms with Gasteiger partial charge < -0.3 is 9.15 Å². The van der Waals surface area contributed by atoms with E-state index in [1.807, 2.05) is 6.07 Å². The molecule has 0 spiro atoms. The zero-order valence-electron chi connectivity index (χ0n) is 20.0. The second-order valence-corrected chi connectivity index (χ2v) is 8.88. The molecular weight excluding hydrogens is 517 g/mol. The number of benzene rings is 3. The molecule has 3 aromatic carbocycles. The lowest BCUT2D eigenvalue weighted by Crippen LogP contribution is -2.38. The maximum absolute atomic E-state index is 14.5. The Morgan fingerprint density at radius 1 is 1.08 bits per heavy atom. The Bertz CT molecular complexity index is 1490. The van der Waals surface area contributed by atoms with Crippen molar-refractivity contribution >= 4 is 17.3 Å². The number of nitriles is 1. The molecule has 38 heavy (non-hydrogen) atoms. The van der Waals surface area contributed by atoms with Crippen LogP contribution < -0.4 is 0 Å². The van der Waals surface area contributed by atoms with Crippen molar-refractivity contribution in [2.45, 2.75) is 38.1 Å². The Morgan fingerprint density at radius 3 is 2.42 bits per heavy atom. The van der Waals surface area contributed by atoms with E-state index in [1.165, 1.54) is 6.07 Å². The number of hydrogen-bond donors (Lipinski definition) is 0. The highest BCUT2D eigenvalue weighted by atomic mass is 35.5. The van der Waals surface area contributed by atoms with Gasteiger partial charge in [0.15, 0.2) is 6.10 Å². The molecule has 0 amide bonds. The third kappa shape index (κ3) is 6.03. The summed E-state index contributed by atoms with van der Waals surface area (Å²) < 4.78 is 54.6. The zero-order valence-corrected chi connectivity index (χ0v) is 20.8. The first-order valence-electron chi connectivity index (χ1n) is 11.4. The van der Waals surface area contributed by atoms with Crippen molar-refractivity contribution in [1.29, 1.82) is 5.26 Å². The minimum Gasteiger partial charge on any atom is -0.420 e. The highest BCUT2D eigenvalue weighted by molar-refractivity contribution is 6.34. The predicted molar refractivity (Wildman–Crippen MR) is 134 cm³/mol. The van der Waals surface area contributed by atoms with E-state index in [2.05, 4.69) is 15.0 Å². The van der Waals surface area contributed by atoms with Crippen LogP contribution in [0.3, 0.4) is 0 Å². The first kappa shape index (κ1) is 26.9. The second kappa shape index (κ2) is 11.5. The van der Waals surface area contributed by atoms with Crippen molar-refractivity contribution in [2.75, 3.05) is 0 Å². The van der Waals surface area contributed by atoms with Crippen molar-refractivity contribution < 1.29 is 22.3 Å².